The van der Waals surface area contributed by atoms with Crippen molar-refractivity contribution < 1.29 is 12.6 Å². The number of hydrogen-bond acceptors (Lipinski definition) is 4. The third kappa shape index (κ3) is 4.92. The van der Waals surface area contributed by atoms with E-state index in [2.05, 4.69) is 0 Å². The minimum Gasteiger partial charge on any atom is -0.330 e. The van der Waals surface area contributed by atoms with Crippen molar-refractivity contribution in [3.63, 3.8) is 0 Å². The summed E-state index contributed by atoms with van der Waals surface area (Å²) in [5.41, 5.74) is 6.43. The summed E-state index contributed by atoms with van der Waals surface area (Å²) in [5.74, 6) is 0. The van der Waals surface area contributed by atoms with Gasteiger partial charge in [-0.15, -0.1) is 0 Å². The molecule has 0 bridgehead atoms. The highest BCUT2D eigenvalue weighted by Gasteiger charge is 2.10. The Morgan fingerprint density at radius 2 is 1.93 bits per heavy atom. The Hall–Kier alpha value is -0.910. The summed E-state index contributed by atoms with van der Waals surface area (Å²) >= 11 is 0. The number of nitrogens with two attached hydrogens (primary N) is 1. The smallest absolute Gasteiger partial charge is 0.257 e. The van der Waals surface area contributed by atoms with Gasteiger partial charge in [-0.1, -0.05) is 30.3 Å². The minimum absolute atomic E-state index is 0.349. The minimum atomic E-state index is -2.80. The fourth-order valence-corrected chi connectivity index (χ4v) is 1.80. The average molecular weight is 229 g/mol. The third-order valence-electron chi connectivity index (χ3n) is 2.03. The molecule has 0 aliphatic rings. The highest BCUT2D eigenvalue weighted by Crippen LogP contribution is 2.08. The second-order valence-electron chi connectivity index (χ2n) is 3.22. The SMILES string of the molecule is NCCC(Cc1ccccc1)O[SH](=O)=O. The largest absolute Gasteiger partial charge is 0.330 e. The van der Waals surface area contributed by atoms with E-state index in [1.807, 2.05) is 30.3 Å². The first-order valence-electron chi connectivity index (χ1n) is 4.77. The summed E-state index contributed by atoms with van der Waals surface area (Å²) in [6.07, 6.45) is 0.762. The van der Waals surface area contributed by atoms with Crippen LogP contribution in [0.2, 0.25) is 0 Å². The molecule has 15 heavy (non-hydrogen) atoms. The molecule has 1 aromatic carbocycles. The summed E-state index contributed by atoms with van der Waals surface area (Å²) < 4.78 is 25.7. The van der Waals surface area contributed by atoms with E-state index in [1.165, 1.54) is 0 Å². The molecule has 4 nitrogen and oxygen atoms in total. The van der Waals surface area contributed by atoms with Crippen molar-refractivity contribution in [2.45, 2.75) is 18.9 Å². The van der Waals surface area contributed by atoms with E-state index in [1.54, 1.807) is 0 Å². The van der Waals surface area contributed by atoms with Crippen molar-refractivity contribution in [1.82, 2.24) is 0 Å². The van der Waals surface area contributed by atoms with Crippen LogP contribution in [0.5, 0.6) is 0 Å². The number of thiol groups is 1. The van der Waals surface area contributed by atoms with Gasteiger partial charge in [0.2, 0.25) is 0 Å². The first-order valence-corrected chi connectivity index (χ1v) is 5.87. The van der Waals surface area contributed by atoms with E-state index in [-0.39, 0.29) is 6.10 Å². The molecule has 2 N–H and O–H groups in total. The molecule has 1 rings (SSSR count). The summed E-state index contributed by atoms with van der Waals surface area (Å²) in [7, 11) is -2.80. The average Bonchev–Trinajstić information content (AvgIpc) is 2.18. The number of hydrogen-bond donors (Lipinski definition) is 2. The molecule has 84 valence electrons. The van der Waals surface area contributed by atoms with Gasteiger partial charge in [0.1, 0.15) is 0 Å². The number of benzene rings is 1. The van der Waals surface area contributed by atoms with Gasteiger partial charge in [0.15, 0.2) is 0 Å². The molecular formula is C10H15NO3S. The lowest BCUT2D eigenvalue weighted by molar-refractivity contribution is 0.211. The molecule has 0 radical (unpaired) electrons. The summed E-state index contributed by atoms with van der Waals surface area (Å²) in [4.78, 5) is 0. The Bertz CT molecular complexity index is 343. The van der Waals surface area contributed by atoms with Crippen LogP contribution in [0.15, 0.2) is 30.3 Å². The fourth-order valence-electron chi connectivity index (χ4n) is 1.38. The van der Waals surface area contributed by atoms with E-state index >= 15 is 0 Å². The standard InChI is InChI=1S/C10H15NO3S/c11-7-6-10(14-15(12)13)8-9-4-2-1-3-5-9/h1-5,10,15H,6-8,11H2. The van der Waals surface area contributed by atoms with Crippen molar-refractivity contribution in [2.24, 2.45) is 5.73 Å². The second kappa shape index (κ2) is 6.55. The van der Waals surface area contributed by atoms with Crippen LogP contribution in [-0.4, -0.2) is 21.1 Å². The molecule has 0 spiro atoms. The van der Waals surface area contributed by atoms with Crippen LogP contribution in [0.3, 0.4) is 0 Å². The van der Waals surface area contributed by atoms with Crippen molar-refractivity contribution in [3.05, 3.63) is 35.9 Å². The summed E-state index contributed by atoms with van der Waals surface area (Å²) in [6.45, 7) is 0.417. The normalized spacial score (nSPS) is 12.9. The van der Waals surface area contributed by atoms with Gasteiger partial charge in [-0.05, 0) is 18.5 Å². The summed E-state index contributed by atoms with van der Waals surface area (Å²) in [5, 5.41) is 0. The van der Waals surface area contributed by atoms with E-state index in [0.29, 0.717) is 19.4 Å². The van der Waals surface area contributed by atoms with Crippen LogP contribution >= 0.6 is 0 Å². The Balaban J connectivity index is 2.58. The molecule has 0 amide bonds. The van der Waals surface area contributed by atoms with Crippen molar-refractivity contribution in [3.8, 4) is 0 Å². The van der Waals surface area contributed by atoms with E-state index in [9.17, 15) is 8.42 Å². The molecular weight excluding hydrogens is 214 g/mol. The van der Waals surface area contributed by atoms with Crippen molar-refractivity contribution >= 4 is 11.0 Å². The van der Waals surface area contributed by atoms with Gasteiger partial charge >= 0.3 is 0 Å². The molecule has 5 heteroatoms. The maximum atomic E-state index is 10.4. The summed E-state index contributed by atoms with van der Waals surface area (Å²) in [6, 6.07) is 9.60. The van der Waals surface area contributed by atoms with Crippen molar-refractivity contribution in [2.75, 3.05) is 6.54 Å². The van der Waals surface area contributed by atoms with Crippen molar-refractivity contribution in [1.29, 1.82) is 0 Å². The quantitative estimate of drug-likeness (QED) is 0.697. The van der Waals surface area contributed by atoms with E-state index < -0.39 is 11.0 Å². The molecule has 0 aliphatic carbocycles. The lowest BCUT2D eigenvalue weighted by Crippen LogP contribution is -2.19. The van der Waals surface area contributed by atoms with Crippen LogP contribution in [0, 0.1) is 0 Å². The molecule has 0 aromatic heterocycles. The molecule has 1 unspecified atom stereocenters. The van der Waals surface area contributed by atoms with Crippen LogP contribution in [0.1, 0.15) is 12.0 Å². The first kappa shape index (κ1) is 12.2. The monoisotopic (exact) mass is 229 g/mol. The Kier molecular flexibility index (Phi) is 5.31. The Morgan fingerprint density at radius 1 is 1.27 bits per heavy atom. The van der Waals surface area contributed by atoms with Crippen LogP contribution in [0.4, 0.5) is 0 Å². The van der Waals surface area contributed by atoms with Gasteiger partial charge in [-0.25, -0.2) is 8.42 Å². The molecule has 0 aliphatic heterocycles. The highest BCUT2D eigenvalue weighted by molar-refractivity contribution is 7.67. The molecule has 0 saturated carbocycles. The lowest BCUT2D eigenvalue weighted by Gasteiger charge is -2.12. The fraction of sp³-hybridized carbons (Fsp3) is 0.400. The van der Waals surface area contributed by atoms with Gasteiger partial charge in [0.05, 0.1) is 6.10 Å². The molecule has 1 aromatic rings. The lowest BCUT2D eigenvalue weighted by atomic mass is 10.1. The number of rotatable bonds is 6. The molecule has 0 heterocycles. The maximum absolute atomic E-state index is 10.4. The highest BCUT2D eigenvalue weighted by atomic mass is 32.2. The topological polar surface area (TPSA) is 69.4 Å². The van der Waals surface area contributed by atoms with E-state index in [4.69, 9.17) is 9.92 Å². The molecule has 0 fully saturated rings. The molecule has 1 atom stereocenters. The molecule has 0 saturated heterocycles. The predicted molar refractivity (Wildman–Crippen MR) is 59.0 cm³/mol. The van der Waals surface area contributed by atoms with Gasteiger partial charge in [-0.3, -0.25) is 4.18 Å². The van der Waals surface area contributed by atoms with Crippen LogP contribution in [0.25, 0.3) is 0 Å². The van der Waals surface area contributed by atoms with Crippen LogP contribution < -0.4 is 5.73 Å². The van der Waals surface area contributed by atoms with E-state index in [0.717, 1.165) is 5.56 Å². The third-order valence-corrected chi connectivity index (χ3v) is 2.50. The van der Waals surface area contributed by atoms with Gasteiger partial charge in [0, 0.05) is 6.42 Å². The Labute approximate surface area is 91.2 Å². The zero-order valence-corrected chi connectivity index (χ0v) is 9.23. The van der Waals surface area contributed by atoms with Crippen LogP contribution in [-0.2, 0) is 21.6 Å². The predicted octanol–water partition coefficient (Wildman–Crippen LogP) is 0.489. The first-order chi connectivity index (χ1) is 7.22. The Morgan fingerprint density at radius 3 is 2.47 bits per heavy atom. The van der Waals surface area contributed by atoms with Gasteiger partial charge in [0.25, 0.3) is 11.0 Å². The second-order valence-corrected chi connectivity index (χ2v) is 3.88. The zero-order chi connectivity index (χ0) is 11.1. The maximum Gasteiger partial charge on any atom is 0.257 e. The van der Waals surface area contributed by atoms with Gasteiger partial charge < -0.3 is 5.73 Å². The van der Waals surface area contributed by atoms with Gasteiger partial charge in [-0.2, -0.15) is 0 Å². The zero-order valence-electron chi connectivity index (χ0n) is 8.33.